The van der Waals surface area contributed by atoms with Crippen LogP contribution in [0.3, 0.4) is 0 Å². The standard InChI is InChI=1S/C22H15Cl2N3/c23-16-11-18-19(12-17(16)24)26-22(25-18)21-10-15-8-4-5-9-20(15)27(21)13-14-6-2-1-3-7-14/h1-12H,13H2,(H,25,26). The zero-order chi connectivity index (χ0) is 18.4. The minimum atomic E-state index is 0.507. The van der Waals surface area contributed by atoms with Crippen LogP contribution in [0.1, 0.15) is 5.56 Å². The fraction of sp³-hybridized carbons (Fsp3) is 0.0455. The Balaban J connectivity index is 1.71. The Hall–Kier alpha value is -2.75. The van der Waals surface area contributed by atoms with Crippen LogP contribution in [0.25, 0.3) is 33.5 Å². The van der Waals surface area contributed by atoms with Gasteiger partial charge in [-0.2, -0.15) is 0 Å². The van der Waals surface area contributed by atoms with E-state index in [-0.39, 0.29) is 0 Å². The number of imidazole rings is 1. The molecule has 3 nitrogen and oxygen atoms in total. The van der Waals surface area contributed by atoms with Gasteiger partial charge in [-0.15, -0.1) is 0 Å². The van der Waals surface area contributed by atoms with Crippen molar-refractivity contribution >= 4 is 45.1 Å². The molecule has 5 aromatic rings. The van der Waals surface area contributed by atoms with E-state index in [0.717, 1.165) is 29.1 Å². The van der Waals surface area contributed by atoms with E-state index in [4.69, 9.17) is 28.2 Å². The summed E-state index contributed by atoms with van der Waals surface area (Å²) in [5.74, 6) is 0.801. The van der Waals surface area contributed by atoms with Crippen molar-refractivity contribution in [1.82, 2.24) is 14.5 Å². The molecule has 0 aliphatic carbocycles. The van der Waals surface area contributed by atoms with E-state index in [1.54, 1.807) is 6.07 Å². The SMILES string of the molecule is Clc1cc2nc(-c3cc4ccccc4n3Cc3ccccc3)[nH]c2cc1Cl. The van der Waals surface area contributed by atoms with Crippen molar-refractivity contribution in [3.05, 3.63) is 88.4 Å². The first kappa shape index (κ1) is 16.4. The number of nitrogens with one attached hydrogen (secondary N) is 1. The van der Waals surface area contributed by atoms with Gasteiger partial charge in [-0.05, 0) is 29.8 Å². The third-order valence-corrected chi connectivity index (χ3v) is 5.48. The summed E-state index contributed by atoms with van der Waals surface area (Å²) in [5, 5.41) is 2.20. The molecule has 27 heavy (non-hydrogen) atoms. The molecule has 0 aliphatic rings. The normalized spacial score (nSPS) is 11.5. The fourth-order valence-electron chi connectivity index (χ4n) is 3.47. The monoisotopic (exact) mass is 391 g/mol. The Bertz CT molecular complexity index is 1230. The second kappa shape index (κ2) is 6.45. The van der Waals surface area contributed by atoms with Crippen LogP contribution in [-0.4, -0.2) is 14.5 Å². The topological polar surface area (TPSA) is 33.6 Å². The third-order valence-electron chi connectivity index (χ3n) is 4.76. The van der Waals surface area contributed by atoms with Crippen molar-refractivity contribution in [2.24, 2.45) is 0 Å². The van der Waals surface area contributed by atoms with Gasteiger partial charge in [-0.25, -0.2) is 4.98 Å². The van der Waals surface area contributed by atoms with Crippen molar-refractivity contribution in [1.29, 1.82) is 0 Å². The third kappa shape index (κ3) is 2.89. The van der Waals surface area contributed by atoms with Crippen LogP contribution in [-0.2, 0) is 6.54 Å². The van der Waals surface area contributed by atoms with Crippen molar-refractivity contribution < 1.29 is 0 Å². The lowest BCUT2D eigenvalue weighted by atomic mass is 10.2. The molecule has 2 heterocycles. The van der Waals surface area contributed by atoms with Crippen molar-refractivity contribution in [2.75, 3.05) is 0 Å². The number of aromatic amines is 1. The van der Waals surface area contributed by atoms with Crippen LogP contribution in [0.5, 0.6) is 0 Å². The Labute approximate surface area is 166 Å². The lowest BCUT2D eigenvalue weighted by Gasteiger charge is -2.09. The average Bonchev–Trinajstić information content (AvgIpc) is 3.24. The van der Waals surface area contributed by atoms with Gasteiger partial charge >= 0.3 is 0 Å². The summed E-state index contributed by atoms with van der Waals surface area (Å²) >= 11 is 12.3. The van der Waals surface area contributed by atoms with Crippen LogP contribution in [0.15, 0.2) is 72.8 Å². The second-order valence-corrected chi connectivity index (χ2v) is 7.34. The van der Waals surface area contributed by atoms with Crippen LogP contribution < -0.4 is 0 Å². The highest BCUT2D eigenvalue weighted by Gasteiger charge is 2.15. The van der Waals surface area contributed by atoms with Crippen molar-refractivity contribution in [3.8, 4) is 11.5 Å². The molecule has 5 heteroatoms. The number of para-hydroxylation sites is 1. The molecular weight excluding hydrogens is 377 g/mol. The maximum atomic E-state index is 6.16. The Kier molecular flexibility index (Phi) is 3.92. The van der Waals surface area contributed by atoms with Gasteiger partial charge in [0.1, 0.15) is 0 Å². The van der Waals surface area contributed by atoms with E-state index < -0.39 is 0 Å². The number of H-pyrrole nitrogens is 1. The number of hydrogen-bond donors (Lipinski definition) is 1. The zero-order valence-electron chi connectivity index (χ0n) is 14.3. The quantitative estimate of drug-likeness (QED) is 0.372. The summed E-state index contributed by atoms with van der Waals surface area (Å²) < 4.78 is 2.28. The summed E-state index contributed by atoms with van der Waals surface area (Å²) in [5.41, 5.74) is 5.12. The molecule has 0 aliphatic heterocycles. The van der Waals surface area contributed by atoms with Gasteiger partial charge in [0.25, 0.3) is 0 Å². The van der Waals surface area contributed by atoms with E-state index in [9.17, 15) is 0 Å². The predicted octanol–water partition coefficient (Wildman–Crippen LogP) is 6.54. The zero-order valence-corrected chi connectivity index (χ0v) is 15.8. The number of hydrogen-bond acceptors (Lipinski definition) is 1. The molecule has 132 valence electrons. The summed E-state index contributed by atoms with van der Waals surface area (Å²) in [7, 11) is 0. The molecule has 0 spiro atoms. The maximum Gasteiger partial charge on any atom is 0.155 e. The van der Waals surface area contributed by atoms with E-state index in [1.807, 2.05) is 12.1 Å². The molecule has 1 N–H and O–H groups in total. The van der Waals surface area contributed by atoms with E-state index in [1.165, 1.54) is 16.5 Å². The Morgan fingerprint density at radius 1 is 0.852 bits per heavy atom. The largest absolute Gasteiger partial charge is 0.337 e. The summed E-state index contributed by atoms with van der Waals surface area (Å²) in [6.45, 7) is 0.766. The summed E-state index contributed by atoms with van der Waals surface area (Å²) in [6.07, 6.45) is 0. The lowest BCUT2D eigenvalue weighted by Crippen LogP contribution is -2.02. The number of halogens is 2. The molecule has 0 saturated carbocycles. The highest BCUT2D eigenvalue weighted by molar-refractivity contribution is 6.42. The smallest absolute Gasteiger partial charge is 0.155 e. The number of nitrogens with zero attached hydrogens (tertiary/aromatic N) is 2. The molecule has 3 aromatic carbocycles. The first-order chi connectivity index (χ1) is 13.2. The van der Waals surface area contributed by atoms with E-state index in [0.29, 0.717) is 10.0 Å². The van der Waals surface area contributed by atoms with E-state index in [2.05, 4.69) is 64.1 Å². The van der Waals surface area contributed by atoms with Crippen LogP contribution in [0, 0.1) is 0 Å². The highest BCUT2D eigenvalue weighted by atomic mass is 35.5. The molecular formula is C22H15Cl2N3. The molecule has 5 rings (SSSR count). The van der Waals surface area contributed by atoms with Crippen LogP contribution >= 0.6 is 23.2 Å². The number of aromatic nitrogens is 3. The van der Waals surface area contributed by atoms with Gasteiger partial charge in [0, 0.05) is 17.4 Å². The molecule has 0 fully saturated rings. The Morgan fingerprint density at radius 2 is 1.59 bits per heavy atom. The molecule has 0 radical (unpaired) electrons. The van der Waals surface area contributed by atoms with Crippen LogP contribution in [0.2, 0.25) is 10.0 Å². The minimum absolute atomic E-state index is 0.507. The molecule has 2 aromatic heterocycles. The number of fused-ring (bicyclic) bond motifs is 2. The van der Waals surface area contributed by atoms with Crippen molar-refractivity contribution in [3.63, 3.8) is 0 Å². The van der Waals surface area contributed by atoms with Crippen LogP contribution in [0.4, 0.5) is 0 Å². The van der Waals surface area contributed by atoms with Gasteiger partial charge in [-0.3, -0.25) is 0 Å². The number of rotatable bonds is 3. The summed E-state index contributed by atoms with van der Waals surface area (Å²) in [4.78, 5) is 8.16. The molecule has 0 saturated heterocycles. The van der Waals surface area contributed by atoms with Gasteiger partial charge in [-0.1, -0.05) is 71.7 Å². The molecule has 0 amide bonds. The van der Waals surface area contributed by atoms with Gasteiger partial charge < -0.3 is 9.55 Å². The second-order valence-electron chi connectivity index (χ2n) is 6.53. The minimum Gasteiger partial charge on any atom is -0.337 e. The first-order valence-corrected chi connectivity index (χ1v) is 9.42. The molecule has 0 bridgehead atoms. The fourth-order valence-corrected chi connectivity index (χ4v) is 3.79. The molecule has 0 atom stereocenters. The van der Waals surface area contributed by atoms with Gasteiger partial charge in [0.05, 0.1) is 26.8 Å². The summed E-state index contributed by atoms with van der Waals surface area (Å²) in [6, 6.07) is 24.6. The van der Waals surface area contributed by atoms with E-state index >= 15 is 0 Å². The van der Waals surface area contributed by atoms with Crippen molar-refractivity contribution in [2.45, 2.75) is 6.54 Å². The van der Waals surface area contributed by atoms with Gasteiger partial charge in [0.2, 0.25) is 0 Å². The van der Waals surface area contributed by atoms with Gasteiger partial charge in [0.15, 0.2) is 5.82 Å². The number of benzene rings is 3. The lowest BCUT2D eigenvalue weighted by molar-refractivity contribution is 0.839. The molecule has 0 unspecified atom stereocenters. The Morgan fingerprint density at radius 3 is 2.44 bits per heavy atom. The first-order valence-electron chi connectivity index (χ1n) is 8.66. The maximum absolute atomic E-state index is 6.16. The average molecular weight is 392 g/mol. The predicted molar refractivity (Wildman–Crippen MR) is 113 cm³/mol. The highest BCUT2D eigenvalue weighted by Crippen LogP contribution is 2.31.